The second-order valence-electron chi connectivity index (χ2n) is 9.84. The Bertz CT molecular complexity index is 774. The van der Waals surface area contributed by atoms with Crippen LogP contribution in [0.25, 0.3) is 0 Å². The van der Waals surface area contributed by atoms with Gasteiger partial charge in [-0.3, -0.25) is 4.79 Å². The van der Waals surface area contributed by atoms with Crippen LogP contribution in [0.4, 0.5) is 10.1 Å². The molecule has 0 amide bonds. The van der Waals surface area contributed by atoms with E-state index in [1.54, 1.807) is 18.0 Å². The fraction of sp³-hybridized carbons (Fsp3) is 0.696. The highest BCUT2D eigenvalue weighted by atomic mass is 35.5. The topological polar surface area (TPSA) is 49.8 Å². The van der Waals surface area contributed by atoms with Gasteiger partial charge in [0.1, 0.15) is 11.6 Å². The Labute approximate surface area is 177 Å². The van der Waals surface area contributed by atoms with Crippen molar-refractivity contribution in [2.75, 3.05) is 18.6 Å². The van der Waals surface area contributed by atoms with Crippen molar-refractivity contribution in [1.29, 1.82) is 0 Å². The highest BCUT2D eigenvalue weighted by Crippen LogP contribution is 2.50. The zero-order valence-corrected chi connectivity index (χ0v) is 18.1. The molecule has 1 aromatic carbocycles. The molecular weight excluding hydrogens is 393 g/mol. The van der Waals surface area contributed by atoms with E-state index < -0.39 is 17.7 Å². The van der Waals surface area contributed by atoms with E-state index in [1.165, 1.54) is 38.2 Å². The number of anilines is 1. The second-order valence-corrected chi connectivity index (χ2v) is 10.2. The standard InChI is InChI=1S/C23H31ClFNO3/c1-23(11-14-6-7-15(8-14)12-23)13-29-21-10-18(25)20(9-17(21)24)26(2)19-5-3-4-16(19)22(27)28/h9-10,14-16,19H,3-8,11-13H2,1-2H3,(H,27,28)/t14-,15+,16-,19-,23?/m1/s1. The van der Waals surface area contributed by atoms with Crippen LogP contribution in [0, 0.1) is 29.0 Å². The van der Waals surface area contributed by atoms with Gasteiger partial charge in [0.05, 0.1) is 23.2 Å². The van der Waals surface area contributed by atoms with Crippen LogP contribution < -0.4 is 9.64 Å². The maximum Gasteiger partial charge on any atom is 0.308 e. The lowest BCUT2D eigenvalue weighted by molar-refractivity contribution is -0.141. The minimum atomic E-state index is -0.819. The van der Waals surface area contributed by atoms with Crippen LogP contribution in [0.5, 0.6) is 5.75 Å². The molecule has 0 heterocycles. The molecule has 0 spiro atoms. The number of fused-ring (bicyclic) bond motifs is 2. The van der Waals surface area contributed by atoms with Crippen LogP contribution in [0.2, 0.25) is 5.02 Å². The van der Waals surface area contributed by atoms with Crippen LogP contribution in [0.3, 0.4) is 0 Å². The molecule has 0 aromatic heterocycles. The summed E-state index contributed by atoms with van der Waals surface area (Å²) in [6, 6.07) is 2.72. The Hall–Kier alpha value is -1.49. The number of hydrogen-bond donors (Lipinski definition) is 1. The van der Waals surface area contributed by atoms with Crippen molar-refractivity contribution in [2.24, 2.45) is 23.2 Å². The third-order valence-electron chi connectivity index (χ3n) is 7.46. The van der Waals surface area contributed by atoms with Gasteiger partial charge < -0.3 is 14.7 Å². The first-order chi connectivity index (χ1) is 13.8. The van der Waals surface area contributed by atoms with Crippen molar-refractivity contribution in [3.8, 4) is 5.75 Å². The summed E-state index contributed by atoms with van der Waals surface area (Å²) >= 11 is 6.45. The third kappa shape index (κ3) is 4.21. The molecule has 3 aliphatic rings. The lowest BCUT2D eigenvalue weighted by Gasteiger charge is -2.37. The summed E-state index contributed by atoms with van der Waals surface area (Å²) < 4.78 is 20.9. The molecular formula is C23H31ClFNO3. The number of rotatable bonds is 6. The predicted octanol–water partition coefficient (Wildman–Crippen LogP) is 5.76. The molecule has 1 aromatic rings. The van der Waals surface area contributed by atoms with Gasteiger partial charge in [-0.2, -0.15) is 0 Å². The van der Waals surface area contributed by atoms with Gasteiger partial charge in [-0.05, 0) is 50.0 Å². The van der Waals surface area contributed by atoms with Crippen LogP contribution in [-0.2, 0) is 4.79 Å². The number of ether oxygens (including phenoxy) is 1. The van der Waals surface area contributed by atoms with E-state index in [1.807, 2.05) is 0 Å². The van der Waals surface area contributed by atoms with Crippen LogP contribution in [0.1, 0.15) is 58.3 Å². The minimum Gasteiger partial charge on any atom is -0.491 e. The maximum absolute atomic E-state index is 14.9. The first-order valence-electron chi connectivity index (χ1n) is 10.8. The summed E-state index contributed by atoms with van der Waals surface area (Å²) in [5, 5.41) is 9.82. The normalized spacial score (nSPS) is 33.7. The number of aliphatic carboxylic acids is 1. The summed E-state index contributed by atoms with van der Waals surface area (Å²) in [6.45, 7) is 2.83. The Morgan fingerprint density at radius 3 is 2.62 bits per heavy atom. The highest BCUT2D eigenvalue weighted by molar-refractivity contribution is 6.32. The van der Waals surface area contributed by atoms with Crippen LogP contribution in [-0.4, -0.2) is 30.8 Å². The van der Waals surface area contributed by atoms with Crippen molar-refractivity contribution in [3.63, 3.8) is 0 Å². The summed E-state index contributed by atoms with van der Waals surface area (Å²) in [5.41, 5.74) is 0.459. The lowest BCUT2D eigenvalue weighted by atomic mass is 9.71. The van der Waals surface area contributed by atoms with Gasteiger partial charge in [0.25, 0.3) is 0 Å². The van der Waals surface area contributed by atoms with E-state index in [4.69, 9.17) is 16.3 Å². The molecule has 0 saturated heterocycles. The van der Waals surface area contributed by atoms with E-state index in [0.29, 0.717) is 29.5 Å². The van der Waals surface area contributed by atoms with E-state index in [-0.39, 0.29) is 11.5 Å². The van der Waals surface area contributed by atoms with Gasteiger partial charge in [-0.1, -0.05) is 37.8 Å². The highest BCUT2D eigenvalue weighted by Gasteiger charge is 2.41. The van der Waals surface area contributed by atoms with Gasteiger partial charge in [-0.15, -0.1) is 0 Å². The number of hydrogen-bond acceptors (Lipinski definition) is 3. The fourth-order valence-electron chi connectivity index (χ4n) is 6.17. The zero-order valence-electron chi connectivity index (χ0n) is 17.3. The minimum absolute atomic E-state index is 0.123. The molecule has 4 rings (SSSR count). The predicted molar refractivity (Wildman–Crippen MR) is 112 cm³/mol. The first-order valence-corrected chi connectivity index (χ1v) is 11.2. The van der Waals surface area contributed by atoms with Crippen molar-refractivity contribution >= 4 is 23.3 Å². The van der Waals surface area contributed by atoms with Gasteiger partial charge in [0, 0.05) is 24.6 Å². The molecule has 4 nitrogen and oxygen atoms in total. The van der Waals surface area contributed by atoms with Gasteiger partial charge in [-0.25, -0.2) is 4.39 Å². The third-order valence-corrected chi connectivity index (χ3v) is 7.76. The molecule has 6 heteroatoms. The van der Waals surface area contributed by atoms with E-state index >= 15 is 0 Å². The zero-order chi connectivity index (χ0) is 20.8. The Morgan fingerprint density at radius 2 is 1.97 bits per heavy atom. The summed E-state index contributed by atoms with van der Waals surface area (Å²) in [6.07, 6.45) is 8.55. The summed E-state index contributed by atoms with van der Waals surface area (Å²) in [4.78, 5) is 13.2. The molecule has 29 heavy (non-hydrogen) atoms. The molecule has 1 unspecified atom stereocenters. The molecule has 2 bridgehead atoms. The average Bonchev–Trinajstić information content (AvgIpc) is 3.28. The molecule has 1 N–H and O–H groups in total. The number of nitrogens with zero attached hydrogens (tertiary/aromatic N) is 1. The molecule has 160 valence electrons. The molecule has 0 aliphatic heterocycles. The Balaban J connectivity index is 1.46. The van der Waals surface area contributed by atoms with Crippen molar-refractivity contribution in [2.45, 2.75) is 64.3 Å². The quantitative estimate of drug-likeness (QED) is 0.631. The summed E-state index contributed by atoms with van der Waals surface area (Å²) in [7, 11) is 1.75. The Morgan fingerprint density at radius 1 is 1.28 bits per heavy atom. The van der Waals surface area contributed by atoms with Gasteiger partial charge >= 0.3 is 5.97 Å². The van der Waals surface area contributed by atoms with Crippen LogP contribution in [0.15, 0.2) is 12.1 Å². The Kier molecular flexibility index (Phi) is 5.71. The largest absolute Gasteiger partial charge is 0.491 e. The molecule has 5 atom stereocenters. The van der Waals surface area contributed by atoms with Gasteiger partial charge in [0.15, 0.2) is 0 Å². The van der Waals surface area contributed by atoms with E-state index in [2.05, 4.69) is 6.92 Å². The number of carboxylic acid groups (broad SMARTS) is 1. The van der Waals surface area contributed by atoms with Crippen molar-refractivity contribution in [1.82, 2.24) is 0 Å². The van der Waals surface area contributed by atoms with Crippen molar-refractivity contribution < 1.29 is 19.0 Å². The molecule has 3 fully saturated rings. The maximum atomic E-state index is 14.9. The van der Waals surface area contributed by atoms with E-state index in [9.17, 15) is 14.3 Å². The number of carboxylic acids is 1. The monoisotopic (exact) mass is 423 g/mol. The number of benzene rings is 1. The average molecular weight is 424 g/mol. The van der Waals surface area contributed by atoms with Gasteiger partial charge in [0.2, 0.25) is 0 Å². The molecule has 0 radical (unpaired) electrons. The molecule has 3 aliphatic carbocycles. The SMILES string of the molecule is CN(c1cc(Cl)c(OCC2(C)C[C@@H]3CC[C@@H](C3)C2)cc1F)[C@@H]1CCC[C@H]1C(=O)O. The van der Waals surface area contributed by atoms with Crippen molar-refractivity contribution in [3.05, 3.63) is 23.0 Å². The number of carbonyl (C=O) groups is 1. The smallest absolute Gasteiger partial charge is 0.308 e. The number of halogens is 2. The second kappa shape index (κ2) is 7.98. The fourth-order valence-corrected chi connectivity index (χ4v) is 6.38. The molecule has 3 saturated carbocycles. The summed E-state index contributed by atoms with van der Waals surface area (Å²) in [5.74, 6) is 0.271. The van der Waals surface area contributed by atoms with E-state index in [0.717, 1.165) is 24.7 Å². The lowest BCUT2D eigenvalue weighted by Crippen LogP contribution is -2.38. The van der Waals surface area contributed by atoms with Crippen LogP contribution >= 0.6 is 11.6 Å². The first kappa shape index (κ1) is 20.8.